The summed E-state index contributed by atoms with van der Waals surface area (Å²) >= 11 is 0. The van der Waals surface area contributed by atoms with E-state index in [0.29, 0.717) is 37.3 Å². The van der Waals surface area contributed by atoms with Gasteiger partial charge in [-0.1, -0.05) is 20.3 Å². The second-order valence-electron chi connectivity index (χ2n) is 17.7. The molecule has 4 fully saturated rings. The number of carbonyl (C=O) groups is 1. The first-order chi connectivity index (χ1) is 31.8. The molecule has 4 aliphatic heterocycles. The average molecular weight is 993 g/mol. The first-order valence-corrected chi connectivity index (χ1v) is 26.0. The van der Waals surface area contributed by atoms with E-state index in [1.807, 2.05) is 37.7 Å². The van der Waals surface area contributed by atoms with Gasteiger partial charge in [0.2, 0.25) is 31.9 Å². The van der Waals surface area contributed by atoms with E-state index in [9.17, 15) is 31.1 Å². The van der Waals surface area contributed by atoms with E-state index < -0.39 is 44.3 Å². The van der Waals surface area contributed by atoms with Gasteiger partial charge in [0.1, 0.15) is 18.0 Å². The lowest BCUT2D eigenvalue weighted by Gasteiger charge is -2.49. The van der Waals surface area contributed by atoms with Crippen molar-refractivity contribution in [2.75, 3.05) is 46.0 Å². The molecule has 4 aromatic heterocycles. The summed E-state index contributed by atoms with van der Waals surface area (Å²) in [7, 11) is -2.90. The molecule has 4 saturated heterocycles. The summed E-state index contributed by atoms with van der Waals surface area (Å²) in [6, 6.07) is 3.14. The van der Waals surface area contributed by atoms with E-state index in [1.54, 1.807) is 34.6 Å². The Balaban J connectivity index is 0.000000221. The van der Waals surface area contributed by atoms with Crippen LogP contribution in [-0.2, 0) is 42.8 Å². The minimum Gasteiger partial charge on any atom is -0.459 e. The highest BCUT2D eigenvalue weighted by molar-refractivity contribution is 7.89. The second kappa shape index (κ2) is 21.7. The van der Waals surface area contributed by atoms with Gasteiger partial charge in [-0.15, -0.1) is 0 Å². The standard InChI is InChI=1S/C22H32FN7O4S.C20H30FN7O3S.CH4/c1-5-35(32,33)30-15-7-6-8-16(30)11-17(10-15)29(4)22-24-18(12-34-14(3)31)20(23)21(26-22)25-19-9-13(2)27-28-19;1-4-32(30,31)28-13-6-5-7-14(28)10-15(9-13)27(3)20-22-16(11-29)18(21)19(24-20)23-17-8-12(2)25-26-17;/h9,15-17H,5-8,10-12H2,1-4H3,(H2,24,25,26,27,28);8,13-15,29H,4-7,9-11H2,1-3H3,(H2,22,23,24,25,26);1H4/t15-,16+,17?;13-,14+,15?;. The molecule has 8 heterocycles. The van der Waals surface area contributed by atoms with Crippen LogP contribution in [0.1, 0.15) is 115 Å². The number of esters is 1. The molecular weight excluding hydrogens is 927 g/mol. The Morgan fingerprint density at radius 1 is 0.735 bits per heavy atom. The highest BCUT2D eigenvalue weighted by atomic mass is 32.2. The van der Waals surface area contributed by atoms with Gasteiger partial charge in [0.15, 0.2) is 34.9 Å². The van der Waals surface area contributed by atoms with Crippen LogP contribution >= 0.6 is 0 Å². The molecule has 0 spiro atoms. The molecule has 68 heavy (non-hydrogen) atoms. The number of aromatic amines is 2. The van der Waals surface area contributed by atoms with Crippen molar-refractivity contribution in [3.8, 4) is 0 Å². The molecule has 0 saturated carbocycles. The molecule has 5 N–H and O–H groups in total. The number of aliphatic hydroxyl groups excluding tert-OH is 1. The first-order valence-electron chi connectivity index (χ1n) is 22.7. The Bertz CT molecular complexity index is 2590. The minimum atomic E-state index is -3.30. The lowest BCUT2D eigenvalue weighted by Crippen LogP contribution is -2.58. The Morgan fingerprint density at radius 2 is 1.12 bits per heavy atom. The lowest BCUT2D eigenvalue weighted by molar-refractivity contribution is -0.142. The molecule has 4 bridgehead atoms. The summed E-state index contributed by atoms with van der Waals surface area (Å²) < 4.78 is 89.2. The van der Waals surface area contributed by atoms with Gasteiger partial charge in [-0.25, -0.2) is 35.6 Å². The average Bonchev–Trinajstić information content (AvgIpc) is 3.91. The Hall–Kier alpha value is -5.11. The van der Waals surface area contributed by atoms with Crippen molar-refractivity contribution >= 4 is 61.2 Å². The summed E-state index contributed by atoms with van der Waals surface area (Å²) in [5, 5.41) is 29.0. The number of ether oxygens (including phenoxy) is 1. The van der Waals surface area contributed by atoms with Crippen LogP contribution in [0.5, 0.6) is 0 Å². The number of anilines is 6. The van der Waals surface area contributed by atoms with E-state index in [1.165, 1.54) is 6.92 Å². The van der Waals surface area contributed by atoms with Crippen LogP contribution in [-0.4, -0.2) is 139 Å². The van der Waals surface area contributed by atoms with E-state index in [2.05, 4.69) is 51.0 Å². The summed E-state index contributed by atoms with van der Waals surface area (Å²) in [6.07, 6.45) is 7.88. The van der Waals surface area contributed by atoms with Crippen LogP contribution < -0.4 is 20.4 Å². The fraction of sp³-hybridized carbons (Fsp3) is 0.651. The van der Waals surface area contributed by atoms with E-state index in [0.717, 1.165) is 49.9 Å². The van der Waals surface area contributed by atoms with Gasteiger partial charge in [0.05, 0.1) is 18.1 Å². The van der Waals surface area contributed by atoms with Crippen molar-refractivity contribution in [3.63, 3.8) is 0 Å². The van der Waals surface area contributed by atoms with Crippen molar-refractivity contribution in [3.05, 3.63) is 46.5 Å². The number of hydrogen-bond donors (Lipinski definition) is 5. The number of hydrogen-bond acceptors (Lipinski definition) is 17. The highest BCUT2D eigenvalue weighted by Crippen LogP contribution is 2.40. The largest absolute Gasteiger partial charge is 0.459 e. The van der Waals surface area contributed by atoms with Crippen molar-refractivity contribution in [2.24, 2.45) is 0 Å². The zero-order valence-electron chi connectivity index (χ0n) is 39.0. The Labute approximate surface area is 397 Å². The van der Waals surface area contributed by atoms with Crippen LogP contribution in [0.15, 0.2) is 12.1 Å². The van der Waals surface area contributed by atoms with E-state index >= 15 is 4.39 Å². The number of nitrogens with zero attached hydrogens (tertiary/aromatic N) is 10. The Kier molecular flexibility index (Phi) is 16.7. The third-order valence-electron chi connectivity index (χ3n) is 13.1. The number of piperidine rings is 4. The molecule has 0 radical (unpaired) electrons. The third kappa shape index (κ3) is 11.5. The maximum absolute atomic E-state index is 15.2. The molecule has 0 aliphatic carbocycles. The summed E-state index contributed by atoms with van der Waals surface area (Å²) in [5.74, 6) is -0.636. The van der Waals surface area contributed by atoms with Gasteiger partial charge in [-0.2, -0.15) is 28.8 Å². The van der Waals surface area contributed by atoms with Gasteiger partial charge in [-0.05, 0) is 79.1 Å². The molecule has 0 aromatic carbocycles. The maximum atomic E-state index is 15.2. The molecule has 6 atom stereocenters. The monoisotopic (exact) mass is 992 g/mol. The number of sulfonamides is 2. The quantitative estimate of drug-likeness (QED) is 0.0945. The first kappa shape index (κ1) is 52.3. The number of carbonyl (C=O) groups excluding carboxylic acids is 1. The van der Waals surface area contributed by atoms with Crippen molar-refractivity contribution < 1.29 is 40.3 Å². The molecule has 21 nitrogen and oxygen atoms in total. The van der Waals surface area contributed by atoms with Gasteiger partial charge in [-0.3, -0.25) is 15.0 Å². The van der Waals surface area contributed by atoms with Crippen molar-refractivity contribution in [1.29, 1.82) is 0 Å². The summed E-state index contributed by atoms with van der Waals surface area (Å²) in [5.41, 5.74) is 1.43. The molecule has 2 unspecified atom stereocenters. The van der Waals surface area contributed by atoms with Crippen LogP contribution in [0.4, 0.5) is 43.9 Å². The van der Waals surface area contributed by atoms with Gasteiger partial charge in [0.25, 0.3) is 0 Å². The highest BCUT2D eigenvalue weighted by Gasteiger charge is 2.46. The molecule has 376 valence electrons. The van der Waals surface area contributed by atoms with Crippen LogP contribution in [0.2, 0.25) is 0 Å². The van der Waals surface area contributed by atoms with Crippen LogP contribution in [0.25, 0.3) is 0 Å². The van der Waals surface area contributed by atoms with E-state index in [-0.39, 0.29) is 96.7 Å². The third-order valence-corrected chi connectivity index (χ3v) is 17.1. The Morgan fingerprint density at radius 3 is 1.46 bits per heavy atom. The normalized spacial score (nSPS) is 22.9. The van der Waals surface area contributed by atoms with Gasteiger partial charge >= 0.3 is 5.97 Å². The number of rotatable bonds is 15. The second-order valence-corrected chi connectivity index (χ2v) is 22.1. The number of aryl methyl sites for hydroxylation is 2. The minimum absolute atomic E-state index is 0. The zero-order valence-corrected chi connectivity index (χ0v) is 40.6. The predicted molar refractivity (Wildman–Crippen MR) is 254 cm³/mol. The van der Waals surface area contributed by atoms with Crippen LogP contribution in [0, 0.1) is 25.5 Å². The summed E-state index contributed by atoms with van der Waals surface area (Å²) in [6.45, 7) is 7.35. The molecule has 8 rings (SSSR count). The number of fused-ring (bicyclic) bond motifs is 4. The number of aromatic nitrogens is 8. The van der Waals surface area contributed by atoms with Gasteiger partial charge < -0.3 is 30.3 Å². The topological polar surface area (TPSA) is 261 Å². The fourth-order valence-electron chi connectivity index (χ4n) is 9.80. The molecule has 4 aliphatic rings. The van der Waals surface area contributed by atoms with E-state index in [4.69, 9.17) is 4.74 Å². The number of nitrogens with one attached hydrogen (secondary N) is 4. The van der Waals surface area contributed by atoms with Crippen molar-refractivity contribution in [1.82, 2.24) is 48.9 Å². The molecule has 0 amide bonds. The molecule has 4 aromatic rings. The number of H-pyrrole nitrogens is 2. The predicted octanol–water partition coefficient (Wildman–Crippen LogP) is 5.32. The molecule has 25 heteroatoms. The molecular formula is C43H66F2N14O7S2. The van der Waals surface area contributed by atoms with Crippen molar-refractivity contribution in [2.45, 2.75) is 156 Å². The smallest absolute Gasteiger partial charge is 0.303 e. The zero-order chi connectivity index (χ0) is 48.4. The number of aliphatic hydroxyl groups is 1. The SMILES string of the molecule is C.CCS(=O)(=O)N1[C@@H]2CCC[C@H]1CC(N(C)c1nc(CO)c(F)c(Nc3cc(C)[nH]n3)n1)C2.CCS(=O)(=O)N1[C@@H]2CCC[C@H]1CC(N(C)c1nc(COC(C)=O)c(F)c(Nc3cc(C)[nH]n3)n1)C2. The fourth-order valence-corrected chi connectivity index (χ4v) is 13.0. The van der Waals surface area contributed by atoms with Crippen LogP contribution in [0.3, 0.4) is 0 Å². The summed E-state index contributed by atoms with van der Waals surface area (Å²) in [4.78, 5) is 32.5. The lowest BCUT2D eigenvalue weighted by atomic mass is 9.83. The maximum Gasteiger partial charge on any atom is 0.303 e. The number of halogens is 2. The van der Waals surface area contributed by atoms with Gasteiger partial charge in [0, 0.05) is 80.8 Å².